The molecule has 0 saturated carbocycles. The van der Waals surface area contributed by atoms with Crippen LogP contribution in [0.1, 0.15) is 38.7 Å². The van der Waals surface area contributed by atoms with Crippen molar-refractivity contribution in [3.63, 3.8) is 0 Å². The fourth-order valence-electron chi connectivity index (χ4n) is 2.84. The molecule has 2 atom stereocenters. The Hall–Kier alpha value is -2.11. The van der Waals surface area contributed by atoms with Gasteiger partial charge < -0.3 is 14.7 Å². The third-order valence-electron chi connectivity index (χ3n) is 3.84. The maximum absolute atomic E-state index is 13.0. The van der Waals surface area contributed by atoms with Crippen LogP contribution in [0.25, 0.3) is 0 Å². The van der Waals surface area contributed by atoms with Crippen LogP contribution in [0.15, 0.2) is 24.3 Å². The molecular weight excluding hydrogens is 301 g/mol. The first-order chi connectivity index (χ1) is 10.7. The number of benzene rings is 1. The van der Waals surface area contributed by atoms with Crippen molar-refractivity contribution in [2.24, 2.45) is 5.92 Å². The number of amides is 1. The maximum atomic E-state index is 13.0. The van der Waals surface area contributed by atoms with Gasteiger partial charge in [0.2, 0.25) is 0 Å². The summed E-state index contributed by atoms with van der Waals surface area (Å²) in [5.41, 5.74) is -0.0341. The van der Waals surface area contributed by atoms with Crippen molar-refractivity contribution >= 4 is 12.1 Å². The molecule has 1 aliphatic rings. The van der Waals surface area contributed by atoms with Gasteiger partial charge in [-0.3, -0.25) is 4.79 Å². The SMILES string of the molecule is CC(C)(C)OC(=O)N1CCC(C(C(=O)O)c2ccc(F)cc2)C1. The molecule has 1 fully saturated rings. The van der Waals surface area contributed by atoms with Crippen LogP contribution in [-0.4, -0.2) is 40.8 Å². The summed E-state index contributed by atoms with van der Waals surface area (Å²) >= 11 is 0. The van der Waals surface area contributed by atoms with E-state index in [1.54, 1.807) is 20.8 Å². The molecule has 2 rings (SSSR count). The van der Waals surface area contributed by atoms with E-state index in [4.69, 9.17) is 4.74 Å². The molecule has 1 saturated heterocycles. The molecule has 2 unspecified atom stereocenters. The lowest BCUT2D eigenvalue weighted by atomic mass is 9.85. The Morgan fingerprint density at radius 1 is 1.30 bits per heavy atom. The third-order valence-corrected chi connectivity index (χ3v) is 3.84. The molecule has 6 heteroatoms. The first-order valence-corrected chi connectivity index (χ1v) is 7.63. The molecule has 1 amide bonds. The van der Waals surface area contributed by atoms with Gasteiger partial charge in [0.1, 0.15) is 11.4 Å². The molecule has 5 nitrogen and oxygen atoms in total. The topological polar surface area (TPSA) is 66.8 Å². The zero-order valence-corrected chi connectivity index (χ0v) is 13.6. The minimum Gasteiger partial charge on any atom is -0.481 e. The standard InChI is InChI=1S/C17H22FNO4/c1-17(2,3)23-16(22)19-9-8-12(10-19)14(15(20)21)11-4-6-13(18)7-5-11/h4-7,12,14H,8-10H2,1-3H3,(H,20,21). The Labute approximate surface area is 135 Å². The Kier molecular flexibility index (Phi) is 4.92. The minimum atomic E-state index is -0.965. The van der Waals surface area contributed by atoms with Crippen molar-refractivity contribution in [1.29, 1.82) is 0 Å². The highest BCUT2D eigenvalue weighted by Gasteiger charge is 2.37. The number of rotatable bonds is 3. The third kappa shape index (κ3) is 4.43. The molecule has 0 aromatic heterocycles. The molecule has 1 heterocycles. The van der Waals surface area contributed by atoms with E-state index in [1.807, 2.05) is 0 Å². The van der Waals surface area contributed by atoms with E-state index in [1.165, 1.54) is 29.2 Å². The molecule has 0 radical (unpaired) electrons. The van der Waals surface area contributed by atoms with E-state index in [9.17, 15) is 19.1 Å². The van der Waals surface area contributed by atoms with E-state index < -0.39 is 29.4 Å². The summed E-state index contributed by atoms with van der Waals surface area (Å²) in [6, 6.07) is 5.49. The number of carbonyl (C=O) groups excluding carboxylic acids is 1. The molecule has 1 aromatic rings. The number of aliphatic carboxylic acids is 1. The number of hydrogen-bond acceptors (Lipinski definition) is 3. The lowest BCUT2D eigenvalue weighted by molar-refractivity contribution is -0.140. The normalized spacial score (nSPS) is 19.5. The predicted molar refractivity (Wildman–Crippen MR) is 82.7 cm³/mol. The second kappa shape index (κ2) is 6.56. The number of ether oxygens (including phenoxy) is 1. The quantitative estimate of drug-likeness (QED) is 0.927. The van der Waals surface area contributed by atoms with Crippen molar-refractivity contribution in [3.05, 3.63) is 35.6 Å². The van der Waals surface area contributed by atoms with Gasteiger partial charge in [-0.2, -0.15) is 0 Å². The van der Waals surface area contributed by atoms with Gasteiger partial charge in [-0.15, -0.1) is 0 Å². The lowest BCUT2D eigenvalue weighted by Gasteiger charge is -2.25. The van der Waals surface area contributed by atoms with E-state index >= 15 is 0 Å². The Morgan fingerprint density at radius 2 is 1.91 bits per heavy atom. The minimum absolute atomic E-state index is 0.217. The summed E-state index contributed by atoms with van der Waals surface area (Å²) in [5.74, 6) is -2.35. The van der Waals surface area contributed by atoms with Gasteiger partial charge in [0, 0.05) is 13.1 Å². The number of carboxylic acids is 1. The fraction of sp³-hybridized carbons (Fsp3) is 0.529. The van der Waals surface area contributed by atoms with Crippen molar-refractivity contribution < 1.29 is 23.8 Å². The van der Waals surface area contributed by atoms with E-state index in [2.05, 4.69) is 0 Å². The zero-order valence-electron chi connectivity index (χ0n) is 13.6. The summed E-state index contributed by atoms with van der Waals surface area (Å²) in [6.07, 6.45) is 0.149. The number of carboxylic acid groups (broad SMARTS) is 1. The van der Waals surface area contributed by atoms with Gasteiger partial charge in [0.25, 0.3) is 0 Å². The molecule has 126 valence electrons. The number of carbonyl (C=O) groups is 2. The smallest absolute Gasteiger partial charge is 0.410 e. The van der Waals surface area contributed by atoms with Gasteiger partial charge in [-0.1, -0.05) is 12.1 Å². The van der Waals surface area contributed by atoms with E-state index in [0.717, 1.165) is 0 Å². The highest BCUT2D eigenvalue weighted by molar-refractivity contribution is 5.77. The van der Waals surface area contributed by atoms with Crippen LogP contribution in [0.5, 0.6) is 0 Å². The van der Waals surface area contributed by atoms with Crippen LogP contribution >= 0.6 is 0 Å². The van der Waals surface area contributed by atoms with Crippen LogP contribution < -0.4 is 0 Å². The number of nitrogens with zero attached hydrogens (tertiary/aromatic N) is 1. The Bertz CT molecular complexity index is 579. The van der Waals surface area contributed by atoms with Gasteiger partial charge in [-0.25, -0.2) is 9.18 Å². The van der Waals surface area contributed by atoms with Gasteiger partial charge in [0.05, 0.1) is 5.92 Å². The van der Waals surface area contributed by atoms with Gasteiger partial charge >= 0.3 is 12.1 Å². The molecule has 1 N–H and O–H groups in total. The molecule has 0 aliphatic carbocycles. The highest BCUT2D eigenvalue weighted by Crippen LogP contribution is 2.33. The summed E-state index contributed by atoms with van der Waals surface area (Å²) < 4.78 is 18.4. The van der Waals surface area contributed by atoms with Crippen LogP contribution in [0.4, 0.5) is 9.18 Å². The first kappa shape index (κ1) is 17.2. The summed E-state index contributed by atoms with van der Waals surface area (Å²) in [7, 11) is 0. The van der Waals surface area contributed by atoms with Crippen LogP contribution in [-0.2, 0) is 9.53 Å². The average molecular weight is 323 g/mol. The van der Waals surface area contributed by atoms with Crippen LogP contribution in [0.3, 0.4) is 0 Å². The van der Waals surface area contributed by atoms with Gasteiger partial charge in [-0.05, 0) is 50.8 Å². The second-order valence-electron chi connectivity index (χ2n) is 6.84. The number of likely N-dealkylation sites (tertiary alicyclic amines) is 1. The van der Waals surface area contributed by atoms with E-state index in [0.29, 0.717) is 25.1 Å². The molecule has 1 aromatic carbocycles. The van der Waals surface area contributed by atoms with Gasteiger partial charge in [0.15, 0.2) is 0 Å². The summed E-state index contributed by atoms with van der Waals surface area (Å²) in [4.78, 5) is 25.3. The first-order valence-electron chi connectivity index (χ1n) is 7.63. The summed E-state index contributed by atoms with van der Waals surface area (Å²) in [5, 5.41) is 9.54. The van der Waals surface area contributed by atoms with Crippen molar-refractivity contribution in [3.8, 4) is 0 Å². The van der Waals surface area contributed by atoms with Crippen molar-refractivity contribution in [2.45, 2.75) is 38.7 Å². The lowest BCUT2D eigenvalue weighted by Crippen LogP contribution is -2.36. The maximum Gasteiger partial charge on any atom is 0.410 e. The largest absolute Gasteiger partial charge is 0.481 e. The molecular formula is C17H22FNO4. The zero-order chi connectivity index (χ0) is 17.2. The molecule has 23 heavy (non-hydrogen) atoms. The Morgan fingerprint density at radius 3 is 2.43 bits per heavy atom. The van der Waals surface area contributed by atoms with Crippen LogP contribution in [0.2, 0.25) is 0 Å². The van der Waals surface area contributed by atoms with Crippen LogP contribution in [0, 0.1) is 11.7 Å². The Balaban J connectivity index is 2.09. The number of halogens is 1. The second-order valence-corrected chi connectivity index (χ2v) is 6.84. The van der Waals surface area contributed by atoms with E-state index in [-0.39, 0.29) is 5.92 Å². The highest BCUT2D eigenvalue weighted by atomic mass is 19.1. The monoisotopic (exact) mass is 323 g/mol. The molecule has 0 bridgehead atoms. The number of hydrogen-bond donors (Lipinski definition) is 1. The van der Waals surface area contributed by atoms with Crippen molar-refractivity contribution in [2.75, 3.05) is 13.1 Å². The van der Waals surface area contributed by atoms with Crippen molar-refractivity contribution in [1.82, 2.24) is 4.90 Å². The molecule has 1 aliphatic heterocycles. The predicted octanol–water partition coefficient (Wildman–Crippen LogP) is 3.25. The summed E-state index contributed by atoms with van der Waals surface area (Å²) in [6.45, 7) is 6.15. The molecule has 0 spiro atoms. The fourth-order valence-corrected chi connectivity index (χ4v) is 2.84. The average Bonchev–Trinajstić information content (AvgIpc) is 2.88.